The topological polar surface area (TPSA) is 46.4 Å². The summed E-state index contributed by atoms with van der Waals surface area (Å²) in [6.45, 7) is 0.933. The lowest BCUT2D eigenvalue weighted by atomic mass is 9.78. The summed E-state index contributed by atoms with van der Waals surface area (Å²) in [5, 5.41) is 11.4. The third-order valence-corrected chi connectivity index (χ3v) is 5.25. The van der Waals surface area contributed by atoms with E-state index >= 15 is 0 Å². The molecule has 1 aliphatic carbocycles. The Hall–Kier alpha value is -1.29. The lowest BCUT2D eigenvalue weighted by Gasteiger charge is -2.45. The summed E-state index contributed by atoms with van der Waals surface area (Å²) in [7, 11) is 0. The zero-order valence-corrected chi connectivity index (χ0v) is 12.9. The maximum absolute atomic E-state index is 11.4. The second-order valence-corrected chi connectivity index (χ2v) is 6.43. The van der Waals surface area contributed by atoms with Crippen LogP contribution in [-0.4, -0.2) is 17.5 Å². The predicted molar refractivity (Wildman–Crippen MR) is 85.0 cm³/mol. The highest BCUT2D eigenvalue weighted by Crippen LogP contribution is 2.41. The van der Waals surface area contributed by atoms with Crippen molar-refractivity contribution in [2.24, 2.45) is 5.92 Å². The SMILES string of the molecule is O=[N+]([O-])c1cc(CCl)ccc1N1CCCC2CCCCC21. The van der Waals surface area contributed by atoms with Crippen LogP contribution in [0.3, 0.4) is 0 Å². The fourth-order valence-electron chi connectivity index (χ4n) is 3.97. The van der Waals surface area contributed by atoms with Gasteiger partial charge in [0.05, 0.1) is 4.92 Å². The molecule has 0 aromatic heterocycles. The minimum Gasteiger partial charge on any atom is -0.363 e. The number of nitrogens with zero attached hydrogens (tertiary/aromatic N) is 2. The van der Waals surface area contributed by atoms with Crippen LogP contribution in [0.25, 0.3) is 0 Å². The summed E-state index contributed by atoms with van der Waals surface area (Å²) < 4.78 is 0. The number of anilines is 1. The Bertz CT molecular complexity index is 533. The molecule has 0 N–H and O–H groups in total. The lowest BCUT2D eigenvalue weighted by Crippen LogP contribution is -2.47. The molecule has 2 fully saturated rings. The summed E-state index contributed by atoms with van der Waals surface area (Å²) in [5.41, 5.74) is 1.80. The zero-order chi connectivity index (χ0) is 14.8. The molecule has 3 rings (SSSR count). The van der Waals surface area contributed by atoms with Gasteiger partial charge in [0.2, 0.25) is 0 Å². The average molecular weight is 309 g/mol. The second kappa shape index (κ2) is 6.22. The van der Waals surface area contributed by atoms with Crippen LogP contribution in [0.1, 0.15) is 44.1 Å². The van der Waals surface area contributed by atoms with E-state index in [2.05, 4.69) is 4.90 Å². The van der Waals surface area contributed by atoms with Crippen molar-refractivity contribution in [2.75, 3.05) is 11.4 Å². The Balaban J connectivity index is 1.96. The zero-order valence-electron chi connectivity index (χ0n) is 12.1. The minimum atomic E-state index is -0.266. The van der Waals surface area contributed by atoms with Gasteiger partial charge in [-0.25, -0.2) is 0 Å². The standard InChI is InChI=1S/C16H21ClN2O2/c17-11-12-7-8-15(16(10-12)19(20)21)18-9-3-5-13-4-1-2-6-14(13)18/h7-8,10,13-14H,1-6,9,11H2. The Morgan fingerprint density at radius 1 is 1.24 bits per heavy atom. The van der Waals surface area contributed by atoms with E-state index in [4.69, 9.17) is 11.6 Å². The van der Waals surface area contributed by atoms with Crippen LogP contribution in [0.2, 0.25) is 0 Å². The summed E-state index contributed by atoms with van der Waals surface area (Å²) in [5.74, 6) is 1.02. The molecule has 4 nitrogen and oxygen atoms in total. The number of hydrogen-bond acceptors (Lipinski definition) is 3. The van der Waals surface area contributed by atoms with Crippen LogP contribution in [0.5, 0.6) is 0 Å². The van der Waals surface area contributed by atoms with Crippen molar-refractivity contribution in [3.8, 4) is 0 Å². The molecule has 2 atom stereocenters. The lowest BCUT2D eigenvalue weighted by molar-refractivity contribution is -0.384. The van der Waals surface area contributed by atoms with E-state index in [1.165, 1.54) is 32.1 Å². The summed E-state index contributed by atoms with van der Waals surface area (Å²) >= 11 is 5.82. The highest BCUT2D eigenvalue weighted by Gasteiger charge is 2.35. The molecule has 21 heavy (non-hydrogen) atoms. The highest BCUT2D eigenvalue weighted by atomic mass is 35.5. The van der Waals surface area contributed by atoms with Crippen molar-refractivity contribution in [1.82, 2.24) is 0 Å². The van der Waals surface area contributed by atoms with E-state index in [0.717, 1.165) is 24.2 Å². The van der Waals surface area contributed by atoms with E-state index in [-0.39, 0.29) is 10.6 Å². The molecule has 2 unspecified atom stereocenters. The number of piperidine rings is 1. The smallest absolute Gasteiger partial charge is 0.292 e. The first-order chi connectivity index (χ1) is 10.2. The highest BCUT2D eigenvalue weighted by molar-refractivity contribution is 6.17. The molecular weight excluding hydrogens is 288 g/mol. The van der Waals surface area contributed by atoms with E-state index in [1.54, 1.807) is 6.07 Å². The predicted octanol–water partition coefficient (Wildman–Crippen LogP) is 4.49. The van der Waals surface area contributed by atoms with Gasteiger partial charge >= 0.3 is 0 Å². The number of fused-ring (bicyclic) bond motifs is 1. The van der Waals surface area contributed by atoms with Gasteiger partial charge in [-0.3, -0.25) is 10.1 Å². The number of nitro benzene ring substituents is 1. The molecule has 114 valence electrons. The molecule has 0 bridgehead atoms. The Kier molecular flexibility index (Phi) is 4.34. The van der Waals surface area contributed by atoms with Gasteiger partial charge in [-0.1, -0.05) is 18.9 Å². The number of benzene rings is 1. The maximum Gasteiger partial charge on any atom is 0.292 e. The van der Waals surface area contributed by atoms with Gasteiger partial charge in [0.15, 0.2) is 0 Å². The van der Waals surface area contributed by atoms with Crippen molar-refractivity contribution in [3.63, 3.8) is 0 Å². The van der Waals surface area contributed by atoms with Crippen molar-refractivity contribution in [1.29, 1.82) is 0 Å². The number of rotatable bonds is 3. The van der Waals surface area contributed by atoms with Crippen LogP contribution < -0.4 is 4.90 Å². The fraction of sp³-hybridized carbons (Fsp3) is 0.625. The molecule has 2 aliphatic rings. The minimum absolute atomic E-state index is 0.208. The molecule has 0 spiro atoms. The van der Waals surface area contributed by atoms with Crippen molar-refractivity contribution >= 4 is 23.0 Å². The molecule has 1 aliphatic heterocycles. The largest absolute Gasteiger partial charge is 0.363 e. The van der Waals surface area contributed by atoms with E-state index in [0.29, 0.717) is 17.8 Å². The molecule has 1 saturated heterocycles. The van der Waals surface area contributed by atoms with Crippen LogP contribution in [0.4, 0.5) is 11.4 Å². The first-order valence-electron chi connectivity index (χ1n) is 7.80. The Morgan fingerprint density at radius 3 is 2.76 bits per heavy atom. The third-order valence-electron chi connectivity index (χ3n) is 4.94. The monoisotopic (exact) mass is 308 g/mol. The molecule has 0 amide bonds. The number of alkyl halides is 1. The van der Waals surface area contributed by atoms with Crippen LogP contribution in [0, 0.1) is 16.0 Å². The average Bonchev–Trinajstić information content (AvgIpc) is 2.53. The summed E-state index contributed by atoms with van der Waals surface area (Å²) in [4.78, 5) is 13.5. The first-order valence-corrected chi connectivity index (χ1v) is 8.34. The normalized spacial score (nSPS) is 25.5. The van der Waals surface area contributed by atoms with Gasteiger partial charge in [0.1, 0.15) is 5.69 Å². The fourth-order valence-corrected chi connectivity index (χ4v) is 4.13. The van der Waals surface area contributed by atoms with Gasteiger partial charge < -0.3 is 4.90 Å². The Morgan fingerprint density at radius 2 is 2.00 bits per heavy atom. The molecule has 1 saturated carbocycles. The summed E-state index contributed by atoms with van der Waals surface area (Å²) in [6, 6.07) is 5.93. The van der Waals surface area contributed by atoms with Crippen molar-refractivity contribution < 1.29 is 4.92 Å². The third kappa shape index (κ3) is 2.86. The van der Waals surface area contributed by atoms with Gasteiger partial charge in [0.25, 0.3) is 5.69 Å². The van der Waals surface area contributed by atoms with E-state index in [9.17, 15) is 10.1 Å². The quantitative estimate of drug-likeness (QED) is 0.469. The molecular formula is C16H21ClN2O2. The maximum atomic E-state index is 11.4. The van der Waals surface area contributed by atoms with E-state index < -0.39 is 0 Å². The van der Waals surface area contributed by atoms with Gasteiger partial charge in [-0.2, -0.15) is 0 Å². The number of halogens is 1. The molecule has 1 heterocycles. The Labute approximate surface area is 130 Å². The van der Waals surface area contributed by atoms with Gasteiger partial charge in [-0.15, -0.1) is 11.6 Å². The van der Waals surface area contributed by atoms with Crippen LogP contribution in [-0.2, 0) is 5.88 Å². The van der Waals surface area contributed by atoms with Gasteiger partial charge in [-0.05, 0) is 43.2 Å². The molecule has 5 heteroatoms. The van der Waals surface area contributed by atoms with Crippen LogP contribution >= 0.6 is 11.6 Å². The molecule has 0 radical (unpaired) electrons. The molecule has 1 aromatic carbocycles. The summed E-state index contributed by atoms with van der Waals surface area (Å²) in [6.07, 6.45) is 7.39. The first kappa shape index (κ1) is 14.6. The van der Waals surface area contributed by atoms with Crippen molar-refractivity contribution in [3.05, 3.63) is 33.9 Å². The number of hydrogen-bond donors (Lipinski definition) is 0. The van der Waals surface area contributed by atoms with Gasteiger partial charge in [0, 0.05) is 24.5 Å². The molecule has 1 aromatic rings. The van der Waals surface area contributed by atoms with E-state index in [1.807, 2.05) is 12.1 Å². The number of nitro groups is 1. The van der Waals surface area contributed by atoms with Crippen LogP contribution in [0.15, 0.2) is 18.2 Å². The van der Waals surface area contributed by atoms with Crippen molar-refractivity contribution in [2.45, 2.75) is 50.4 Å². The second-order valence-electron chi connectivity index (χ2n) is 6.16.